The van der Waals surface area contributed by atoms with Crippen molar-refractivity contribution in [1.29, 1.82) is 0 Å². The Balaban J connectivity index is 2.34. The van der Waals surface area contributed by atoms with E-state index in [1.54, 1.807) is 11.3 Å². The number of nitrogens with zero attached hydrogens (tertiary/aromatic N) is 1. The zero-order valence-electron chi connectivity index (χ0n) is 10.5. The van der Waals surface area contributed by atoms with Crippen LogP contribution in [-0.2, 0) is 19.4 Å². The number of fused-ring (bicyclic) bond motifs is 3. The van der Waals surface area contributed by atoms with E-state index >= 15 is 0 Å². The first-order valence-electron chi connectivity index (χ1n) is 6.62. The molecule has 0 saturated heterocycles. The molecule has 2 N–H and O–H groups in total. The summed E-state index contributed by atoms with van der Waals surface area (Å²) in [7, 11) is 0. The number of rotatable bonds is 2. The van der Waals surface area contributed by atoms with Crippen LogP contribution in [0.2, 0.25) is 0 Å². The van der Waals surface area contributed by atoms with Crippen LogP contribution in [0.1, 0.15) is 29.7 Å². The van der Waals surface area contributed by atoms with Crippen LogP contribution in [0.15, 0.2) is 18.2 Å². The lowest BCUT2D eigenvalue weighted by molar-refractivity contribution is 0.617. The maximum Gasteiger partial charge on any atom is 0.0515 e. The maximum atomic E-state index is 5.77. The van der Waals surface area contributed by atoms with E-state index in [9.17, 15) is 0 Å². The molecule has 0 unspecified atom stereocenters. The van der Waals surface area contributed by atoms with Crippen LogP contribution in [0.25, 0.3) is 10.9 Å². The molecule has 1 aromatic carbocycles. The van der Waals surface area contributed by atoms with E-state index in [1.807, 2.05) is 0 Å². The molecule has 1 aliphatic rings. The zero-order chi connectivity index (χ0) is 11.8. The first kappa shape index (κ1) is 10.8. The summed E-state index contributed by atoms with van der Waals surface area (Å²) in [6.07, 6.45) is 5.13. The third-order valence-electron chi connectivity index (χ3n) is 3.95. The van der Waals surface area contributed by atoms with Gasteiger partial charge in [-0.2, -0.15) is 0 Å². The molecule has 1 aliphatic carbocycles. The molecule has 2 heteroatoms. The van der Waals surface area contributed by atoms with Crippen LogP contribution < -0.4 is 5.73 Å². The van der Waals surface area contributed by atoms with E-state index < -0.39 is 0 Å². The number of para-hydroxylation sites is 1. The fourth-order valence-electron chi connectivity index (χ4n) is 3.25. The molecule has 0 fully saturated rings. The normalized spacial score (nSPS) is 15.2. The van der Waals surface area contributed by atoms with Gasteiger partial charge in [0.05, 0.1) is 5.52 Å². The van der Waals surface area contributed by atoms with Crippen molar-refractivity contribution >= 4 is 10.9 Å². The molecule has 1 heterocycles. The Bertz CT molecular complexity index is 552. The Labute approximate surface area is 102 Å². The lowest BCUT2D eigenvalue weighted by Gasteiger charge is -2.15. The standard InChI is InChI=1S/C15H20N2/c1-11-5-4-7-13-12-6-2-3-8-14(12)17(10-9-16)15(11)13/h4-5,7H,2-3,6,8-10,16H2,1H3. The predicted molar refractivity (Wildman–Crippen MR) is 72.4 cm³/mol. The summed E-state index contributed by atoms with van der Waals surface area (Å²) in [5.74, 6) is 0. The van der Waals surface area contributed by atoms with Crippen molar-refractivity contribution in [3.05, 3.63) is 35.0 Å². The highest BCUT2D eigenvalue weighted by atomic mass is 15.0. The fraction of sp³-hybridized carbons (Fsp3) is 0.467. The van der Waals surface area contributed by atoms with Crippen molar-refractivity contribution in [2.75, 3.05) is 6.54 Å². The van der Waals surface area contributed by atoms with Gasteiger partial charge in [0.2, 0.25) is 0 Å². The van der Waals surface area contributed by atoms with Crippen LogP contribution >= 0.6 is 0 Å². The Morgan fingerprint density at radius 3 is 2.88 bits per heavy atom. The summed E-state index contributed by atoms with van der Waals surface area (Å²) in [6.45, 7) is 3.89. The minimum Gasteiger partial charge on any atom is -0.343 e. The highest BCUT2D eigenvalue weighted by Gasteiger charge is 2.20. The molecule has 0 bridgehead atoms. The molecule has 2 aromatic rings. The van der Waals surface area contributed by atoms with Crippen molar-refractivity contribution in [3.8, 4) is 0 Å². The highest BCUT2D eigenvalue weighted by molar-refractivity contribution is 5.88. The Morgan fingerprint density at radius 2 is 2.06 bits per heavy atom. The second-order valence-corrected chi connectivity index (χ2v) is 5.04. The topological polar surface area (TPSA) is 30.9 Å². The predicted octanol–water partition coefficient (Wildman–Crippen LogP) is 2.79. The van der Waals surface area contributed by atoms with Crippen LogP contribution in [0, 0.1) is 6.92 Å². The average molecular weight is 228 g/mol. The van der Waals surface area contributed by atoms with Gasteiger partial charge >= 0.3 is 0 Å². The van der Waals surface area contributed by atoms with Crippen molar-refractivity contribution in [2.24, 2.45) is 5.73 Å². The van der Waals surface area contributed by atoms with E-state index in [-0.39, 0.29) is 0 Å². The second kappa shape index (κ2) is 4.19. The van der Waals surface area contributed by atoms with Crippen LogP contribution in [0.3, 0.4) is 0 Å². The minimum atomic E-state index is 0.727. The van der Waals surface area contributed by atoms with Crippen LogP contribution in [0.4, 0.5) is 0 Å². The number of aromatic nitrogens is 1. The smallest absolute Gasteiger partial charge is 0.0515 e. The van der Waals surface area contributed by atoms with Crippen LogP contribution in [-0.4, -0.2) is 11.1 Å². The van der Waals surface area contributed by atoms with Gasteiger partial charge in [-0.1, -0.05) is 18.2 Å². The van der Waals surface area contributed by atoms with Gasteiger partial charge in [-0.3, -0.25) is 0 Å². The molecule has 90 valence electrons. The number of hydrogen-bond donors (Lipinski definition) is 1. The van der Waals surface area contributed by atoms with E-state index in [0.29, 0.717) is 0 Å². The summed E-state index contributed by atoms with van der Waals surface area (Å²) < 4.78 is 2.47. The van der Waals surface area contributed by atoms with Gasteiger partial charge < -0.3 is 10.3 Å². The summed E-state index contributed by atoms with van der Waals surface area (Å²) in [5, 5.41) is 1.47. The Kier molecular flexibility index (Phi) is 2.67. The van der Waals surface area contributed by atoms with Gasteiger partial charge in [-0.05, 0) is 43.7 Å². The van der Waals surface area contributed by atoms with E-state index in [4.69, 9.17) is 5.73 Å². The van der Waals surface area contributed by atoms with Gasteiger partial charge in [0.1, 0.15) is 0 Å². The molecule has 0 aliphatic heterocycles. The first-order valence-corrected chi connectivity index (χ1v) is 6.62. The average Bonchev–Trinajstić information content (AvgIpc) is 2.67. The summed E-state index contributed by atoms with van der Waals surface area (Å²) in [6, 6.07) is 6.67. The Hall–Kier alpha value is -1.28. The maximum absolute atomic E-state index is 5.77. The minimum absolute atomic E-state index is 0.727. The van der Waals surface area contributed by atoms with Crippen molar-refractivity contribution in [1.82, 2.24) is 4.57 Å². The SMILES string of the molecule is Cc1cccc2c3c(n(CCN)c12)CCCC3. The van der Waals surface area contributed by atoms with Gasteiger partial charge in [0, 0.05) is 24.2 Å². The zero-order valence-corrected chi connectivity index (χ0v) is 10.5. The fourth-order valence-corrected chi connectivity index (χ4v) is 3.25. The monoisotopic (exact) mass is 228 g/mol. The summed E-state index contributed by atoms with van der Waals surface area (Å²) >= 11 is 0. The second-order valence-electron chi connectivity index (χ2n) is 5.04. The molecule has 0 amide bonds. The molecule has 0 spiro atoms. The van der Waals surface area contributed by atoms with Gasteiger partial charge in [0.15, 0.2) is 0 Å². The number of aryl methyl sites for hydroxylation is 2. The largest absolute Gasteiger partial charge is 0.343 e. The third kappa shape index (κ3) is 1.59. The lowest BCUT2D eigenvalue weighted by atomic mass is 9.95. The molecule has 0 saturated carbocycles. The van der Waals surface area contributed by atoms with Gasteiger partial charge in [0.25, 0.3) is 0 Å². The molecule has 0 atom stereocenters. The summed E-state index contributed by atoms with van der Waals surface area (Å²) in [4.78, 5) is 0. The highest BCUT2D eigenvalue weighted by Crippen LogP contribution is 2.33. The van der Waals surface area contributed by atoms with Gasteiger partial charge in [-0.25, -0.2) is 0 Å². The quantitative estimate of drug-likeness (QED) is 0.842. The summed E-state index contributed by atoms with van der Waals surface area (Å²) in [5.41, 5.74) is 11.7. The molecule has 2 nitrogen and oxygen atoms in total. The first-order chi connectivity index (χ1) is 8.33. The molecular formula is C15H20N2. The van der Waals surface area contributed by atoms with E-state index in [0.717, 1.165) is 13.1 Å². The number of hydrogen-bond acceptors (Lipinski definition) is 1. The number of nitrogens with two attached hydrogens (primary N) is 1. The third-order valence-corrected chi connectivity index (χ3v) is 3.95. The molecule has 0 radical (unpaired) electrons. The Morgan fingerprint density at radius 1 is 1.24 bits per heavy atom. The lowest BCUT2D eigenvalue weighted by Crippen LogP contribution is -2.14. The molecule has 3 rings (SSSR count). The molecule has 1 aromatic heterocycles. The molecular weight excluding hydrogens is 208 g/mol. The van der Waals surface area contributed by atoms with Crippen molar-refractivity contribution in [2.45, 2.75) is 39.2 Å². The van der Waals surface area contributed by atoms with E-state index in [1.165, 1.54) is 42.1 Å². The van der Waals surface area contributed by atoms with Crippen molar-refractivity contribution < 1.29 is 0 Å². The van der Waals surface area contributed by atoms with Crippen molar-refractivity contribution in [3.63, 3.8) is 0 Å². The van der Waals surface area contributed by atoms with E-state index in [2.05, 4.69) is 29.7 Å². The molecule has 17 heavy (non-hydrogen) atoms. The van der Waals surface area contributed by atoms with Crippen LogP contribution in [0.5, 0.6) is 0 Å². The number of benzene rings is 1. The van der Waals surface area contributed by atoms with Gasteiger partial charge in [-0.15, -0.1) is 0 Å².